The molecule has 1 atom stereocenters. The van der Waals surface area contributed by atoms with Gasteiger partial charge < -0.3 is 5.11 Å². The van der Waals surface area contributed by atoms with Crippen LogP contribution in [0.1, 0.15) is 0 Å². The summed E-state index contributed by atoms with van der Waals surface area (Å²) in [5.74, 6) is -3.01. The highest BCUT2D eigenvalue weighted by molar-refractivity contribution is 7.92. The van der Waals surface area contributed by atoms with Crippen LogP contribution in [0.15, 0.2) is 29.2 Å². The number of aliphatic carboxylic acids is 1. The number of rotatable bonds is 3. The largest absolute Gasteiger partial charge is 0.478 e. The first-order chi connectivity index (χ1) is 6.85. The minimum Gasteiger partial charge on any atom is -0.478 e. The Morgan fingerprint density at radius 2 is 2.00 bits per heavy atom. The Bertz CT molecular complexity index is 483. The fourth-order valence-electron chi connectivity index (χ4n) is 0.896. The summed E-state index contributed by atoms with van der Waals surface area (Å²) in [4.78, 5) is 9.46. The van der Waals surface area contributed by atoms with Crippen LogP contribution >= 0.6 is 0 Å². The van der Waals surface area contributed by atoms with Gasteiger partial charge in [-0.25, -0.2) is 22.0 Å². The lowest BCUT2D eigenvalue weighted by atomic mass is 10.4. The third-order valence-electron chi connectivity index (χ3n) is 1.59. The van der Waals surface area contributed by atoms with E-state index in [1.54, 1.807) is 0 Å². The van der Waals surface area contributed by atoms with Gasteiger partial charge in [-0.15, -0.1) is 0 Å². The summed E-state index contributed by atoms with van der Waals surface area (Å²) in [5, 5.41) is 8.20. The Hall–Kier alpha value is -1.50. The summed E-state index contributed by atoms with van der Waals surface area (Å²) < 4.78 is 47.8. The molecule has 7 heteroatoms. The van der Waals surface area contributed by atoms with E-state index in [2.05, 4.69) is 0 Å². The molecule has 0 amide bonds. The van der Waals surface area contributed by atoms with Gasteiger partial charge in [-0.05, 0) is 18.2 Å². The third-order valence-corrected chi connectivity index (χ3v) is 3.25. The van der Waals surface area contributed by atoms with Crippen molar-refractivity contribution in [3.63, 3.8) is 0 Å². The van der Waals surface area contributed by atoms with Gasteiger partial charge in [0, 0.05) is 0 Å². The van der Waals surface area contributed by atoms with Crippen molar-refractivity contribution >= 4 is 15.8 Å². The van der Waals surface area contributed by atoms with E-state index in [4.69, 9.17) is 5.11 Å². The summed E-state index contributed by atoms with van der Waals surface area (Å²) >= 11 is 0. The van der Waals surface area contributed by atoms with Gasteiger partial charge in [-0.1, -0.05) is 6.07 Å². The zero-order valence-electron chi connectivity index (χ0n) is 7.22. The number of hydrogen-bond donors (Lipinski definition) is 1. The van der Waals surface area contributed by atoms with Crippen LogP contribution in [0.25, 0.3) is 0 Å². The highest BCUT2D eigenvalue weighted by Crippen LogP contribution is 2.18. The first-order valence-electron chi connectivity index (χ1n) is 3.72. The minimum absolute atomic E-state index is 0.560. The SMILES string of the molecule is O=C(O)C(F)S(=O)(=O)c1cccc(F)c1. The molecule has 0 saturated heterocycles. The van der Waals surface area contributed by atoms with Gasteiger partial charge in [-0.3, -0.25) is 0 Å². The second-order valence-corrected chi connectivity index (χ2v) is 4.63. The predicted molar refractivity (Wildman–Crippen MR) is 46.1 cm³/mol. The lowest BCUT2D eigenvalue weighted by molar-refractivity contribution is -0.139. The topological polar surface area (TPSA) is 71.4 Å². The molecule has 0 aromatic heterocycles. The molecule has 4 nitrogen and oxygen atoms in total. The van der Waals surface area contributed by atoms with Gasteiger partial charge in [0.2, 0.25) is 9.84 Å². The zero-order valence-corrected chi connectivity index (χ0v) is 8.04. The summed E-state index contributed by atoms with van der Waals surface area (Å²) in [6, 6.07) is 3.50. The number of halogens is 2. The van der Waals surface area contributed by atoms with Crippen molar-refractivity contribution < 1.29 is 27.1 Å². The molecule has 0 bridgehead atoms. The van der Waals surface area contributed by atoms with Crippen molar-refractivity contribution in [1.29, 1.82) is 0 Å². The molecule has 0 aliphatic heterocycles. The Morgan fingerprint density at radius 3 is 2.47 bits per heavy atom. The molecular formula is C8H6F2O4S. The van der Waals surface area contributed by atoms with E-state index in [1.807, 2.05) is 0 Å². The average Bonchev–Trinajstić information content (AvgIpc) is 2.16. The molecule has 1 rings (SSSR count). The minimum atomic E-state index is -4.67. The van der Waals surface area contributed by atoms with Crippen molar-refractivity contribution in [2.75, 3.05) is 0 Å². The van der Waals surface area contributed by atoms with E-state index in [-0.39, 0.29) is 0 Å². The first kappa shape index (κ1) is 11.6. The summed E-state index contributed by atoms with van der Waals surface area (Å²) in [5.41, 5.74) is -3.08. The third kappa shape index (κ3) is 2.30. The van der Waals surface area contributed by atoms with Crippen molar-refractivity contribution in [2.45, 2.75) is 10.4 Å². The summed E-state index contributed by atoms with van der Waals surface area (Å²) in [6.45, 7) is 0. The van der Waals surface area contributed by atoms with Crippen LogP contribution in [-0.4, -0.2) is 25.0 Å². The molecule has 15 heavy (non-hydrogen) atoms. The molecule has 1 aromatic carbocycles. The van der Waals surface area contributed by atoms with E-state index >= 15 is 0 Å². The number of carboxylic acid groups (broad SMARTS) is 1. The van der Waals surface area contributed by atoms with E-state index in [0.29, 0.717) is 6.07 Å². The van der Waals surface area contributed by atoms with Crippen LogP contribution in [0.3, 0.4) is 0 Å². The van der Waals surface area contributed by atoms with E-state index in [1.165, 1.54) is 0 Å². The molecule has 0 radical (unpaired) electrons. The molecule has 82 valence electrons. The maximum Gasteiger partial charge on any atom is 0.354 e. The number of alkyl halides is 1. The Kier molecular flexibility index (Phi) is 3.04. The fraction of sp³-hybridized carbons (Fsp3) is 0.125. The number of hydrogen-bond acceptors (Lipinski definition) is 3. The van der Waals surface area contributed by atoms with Crippen molar-refractivity contribution in [3.05, 3.63) is 30.1 Å². The van der Waals surface area contributed by atoms with Crippen LogP contribution in [-0.2, 0) is 14.6 Å². The molecule has 0 saturated carbocycles. The number of carboxylic acids is 1. The summed E-state index contributed by atoms with van der Waals surface area (Å²) in [6.07, 6.45) is 0. The molecule has 1 aromatic rings. The van der Waals surface area contributed by atoms with Crippen molar-refractivity contribution in [1.82, 2.24) is 0 Å². The van der Waals surface area contributed by atoms with Gasteiger partial charge in [0.1, 0.15) is 5.82 Å². The Labute approximate surface area is 84.1 Å². The molecule has 0 heterocycles. The van der Waals surface area contributed by atoms with E-state index in [9.17, 15) is 22.0 Å². The smallest absolute Gasteiger partial charge is 0.354 e. The van der Waals surface area contributed by atoms with Gasteiger partial charge in [-0.2, -0.15) is 0 Å². The van der Waals surface area contributed by atoms with Gasteiger partial charge in [0.05, 0.1) is 4.90 Å². The molecule has 1 N–H and O–H groups in total. The van der Waals surface area contributed by atoms with Crippen LogP contribution in [0.5, 0.6) is 0 Å². The highest BCUT2D eigenvalue weighted by Gasteiger charge is 2.33. The van der Waals surface area contributed by atoms with Gasteiger partial charge in [0.25, 0.3) is 0 Å². The maximum atomic E-state index is 12.8. The Balaban J connectivity index is 3.23. The van der Waals surface area contributed by atoms with Gasteiger partial charge >= 0.3 is 11.5 Å². The Morgan fingerprint density at radius 1 is 1.40 bits per heavy atom. The number of carbonyl (C=O) groups is 1. The number of benzene rings is 1. The summed E-state index contributed by atoms with van der Waals surface area (Å²) in [7, 11) is -4.67. The van der Waals surface area contributed by atoms with Crippen LogP contribution in [0, 0.1) is 5.82 Å². The molecular weight excluding hydrogens is 230 g/mol. The molecule has 0 fully saturated rings. The second kappa shape index (κ2) is 3.93. The van der Waals surface area contributed by atoms with Gasteiger partial charge in [0.15, 0.2) is 0 Å². The normalized spacial score (nSPS) is 13.5. The maximum absolute atomic E-state index is 12.8. The van der Waals surface area contributed by atoms with Crippen LogP contribution < -0.4 is 0 Å². The highest BCUT2D eigenvalue weighted by atomic mass is 32.2. The monoisotopic (exact) mass is 236 g/mol. The predicted octanol–water partition coefficient (Wildman–Crippen LogP) is 0.980. The van der Waals surface area contributed by atoms with Crippen LogP contribution in [0.4, 0.5) is 8.78 Å². The molecule has 0 aliphatic rings. The lowest BCUT2D eigenvalue weighted by Crippen LogP contribution is -2.25. The zero-order chi connectivity index (χ0) is 11.6. The first-order valence-corrected chi connectivity index (χ1v) is 5.26. The molecule has 0 aliphatic carbocycles. The molecule has 0 spiro atoms. The van der Waals surface area contributed by atoms with E-state index < -0.39 is 32.0 Å². The lowest BCUT2D eigenvalue weighted by Gasteiger charge is -2.05. The fourth-order valence-corrected chi connectivity index (χ4v) is 1.95. The quantitative estimate of drug-likeness (QED) is 0.849. The average molecular weight is 236 g/mol. The van der Waals surface area contributed by atoms with Crippen molar-refractivity contribution in [2.24, 2.45) is 0 Å². The second-order valence-electron chi connectivity index (χ2n) is 2.66. The number of sulfone groups is 1. The molecule has 1 unspecified atom stereocenters. The van der Waals surface area contributed by atoms with Crippen LogP contribution in [0.2, 0.25) is 0 Å². The van der Waals surface area contributed by atoms with Crippen molar-refractivity contribution in [3.8, 4) is 0 Å². The standard InChI is InChI=1S/C8H6F2O4S/c9-5-2-1-3-6(4-5)15(13,14)7(10)8(11)12/h1-4,7H,(H,11,12). The van der Waals surface area contributed by atoms with E-state index in [0.717, 1.165) is 18.2 Å².